The van der Waals surface area contributed by atoms with Gasteiger partial charge in [-0.15, -0.1) is 0 Å². The lowest BCUT2D eigenvalue weighted by molar-refractivity contribution is -0.117. The van der Waals surface area contributed by atoms with Crippen LogP contribution in [0.4, 0.5) is 11.6 Å². The molecular weight excluding hydrogens is 366 g/mol. The summed E-state index contributed by atoms with van der Waals surface area (Å²) in [5.74, 6) is 0.292. The van der Waals surface area contributed by atoms with E-state index < -0.39 is 5.91 Å². The number of imidazole rings is 1. The van der Waals surface area contributed by atoms with Crippen LogP contribution in [0.5, 0.6) is 0 Å². The monoisotopic (exact) mass is 379 g/mol. The van der Waals surface area contributed by atoms with Crippen molar-refractivity contribution >= 4 is 40.2 Å². The molecule has 1 amide bonds. The van der Waals surface area contributed by atoms with Crippen LogP contribution < -0.4 is 11.1 Å². The second kappa shape index (κ2) is 7.00. The third-order valence-corrected chi connectivity index (χ3v) is 4.09. The molecule has 2 heterocycles. The van der Waals surface area contributed by atoms with E-state index in [9.17, 15) is 4.79 Å². The molecule has 27 heavy (non-hydrogen) atoms. The Morgan fingerprint density at radius 2 is 1.96 bits per heavy atom. The minimum atomic E-state index is -0.392. The molecular formula is C18H14ClN7O. The molecule has 2 aromatic carbocycles. The Morgan fingerprint density at radius 1 is 1.11 bits per heavy atom. The fraction of sp³-hybridized carbons (Fsp3) is 0.0556. The van der Waals surface area contributed by atoms with Gasteiger partial charge in [-0.05, 0) is 41.4 Å². The summed E-state index contributed by atoms with van der Waals surface area (Å²) in [4.78, 5) is 28.2. The molecule has 0 aliphatic carbocycles. The van der Waals surface area contributed by atoms with E-state index in [4.69, 9.17) is 17.3 Å². The van der Waals surface area contributed by atoms with Crippen molar-refractivity contribution in [1.82, 2.24) is 24.5 Å². The van der Waals surface area contributed by atoms with Gasteiger partial charge < -0.3 is 11.1 Å². The highest BCUT2D eigenvalue weighted by Gasteiger charge is 2.13. The summed E-state index contributed by atoms with van der Waals surface area (Å²) in [6.45, 7) is 0. The Labute approximate surface area is 159 Å². The summed E-state index contributed by atoms with van der Waals surface area (Å²) in [5.41, 5.74) is 8.31. The van der Waals surface area contributed by atoms with Crippen molar-refractivity contribution in [1.29, 1.82) is 0 Å². The third-order valence-electron chi connectivity index (χ3n) is 3.84. The Morgan fingerprint density at radius 3 is 2.81 bits per heavy atom. The highest BCUT2D eigenvalue weighted by atomic mass is 35.5. The molecule has 0 saturated heterocycles. The summed E-state index contributed by atoms with van der Waals surface area (Å²) in [7, 11) is 0. The summed E-state index contributed by atoms with van der Waals surface area (Å²) in [6.07, 6.45) is 1.55. The largest absolute Gasteiger partial charge is 0.369 e. The van der Waals surface area contributed by atoms with E-state index in [-0.39, 0.29) is 11.7 Å². The molecule has 4 aromatic rings. The van der Waals surface area contributed by atoms with E-state index in [0.717, 1.165) is 22.3 Å². The number of primary amides is 1. The van der Waals surface area contributed by atoms with Crippen LogP contribution in [-0.2, 0) is 11.2 Å². The second-order valence-corrected chi connectivity index (χ2v) is 6.12. The predicted octanol–water partition coefficient (Wildman–Crippen LogP) is 2.64. The van der Waals surface area contributed by atoms with E-state index >= 15 is 0 Å². The summed E-state index contributed by atoms with van der Waals surface area (Å²) in [6, 6.07) is 14.8. The molecule has 0 radical (unpaired) electrons. The van der Waals surface area contributed by atoms with Gasteiger partial charge in [-0.1, -0.05) is 24.3 Å². The number of para-hydroxylation sites is 2. The zero-order valence-electron chi connectivity index (χ0n) is 14.0. The van der Waals surface area contributed by atoms with E-state index in [1.165, 1.54) is 6.33 Å². The van der Waals surface area contributed by atoms with E-state index in [2.05, 4.69) is 25.3 Å². The fourth-order valence-electron chi connectivity index (χ4n) is 2.73. The van der Waals surface area contributed by atoms with E-state index in [1.54, 1.807) is 4.57 Å². The molecule has 0 spiro atoms. The molecule has 0 fully saturated rings. The van der Waals surface area contributed by atoms with E-state index in [0.29, 0.717) is 11.9 Å². The number of amides is 1. The lowest BCUT2D eigenvalue weighted by Gasteiger charge is -2.08. The van der Waals surface area contributed by atoms with Gasteiger partial charge in [-0.2, -0.15) is 4.98 Å². The number of carbonyl (C=O) groups excluding carboxylic acids is 1. The molecule has 0 aliphatic heterocycles. The molecule has 0 atom stereocenters. The maximum Gasteiger partial charge on any atom is 0.241 e. The van der Waals surface area contributed by atoms with Gasteiger partial charge in [0.1, 0.15) is 6.33 Å². The van der Waals surface area contributed by atoms with Gasteiger partial charge in [-0.25, -0.2) is 15.0 Å². The lowest BCUT2D eigenvalue weighted by Crippen LogP contribution is -2.13. The average Bonchev–Trinajstić information content (AvgIpc) is 2.97. The quantitative estimate of drug-likeness (QED) is 0.551. The number of nitrogens with two attached hydrogens (primary N) is 1. The number of halogens is 1. The number of rotatable bonds is 5. The van der Waals surface area contributed by atoms with Gasteiger partial charge in [0.2, 0.25) is 23.1 Å². The Hall–Kier alpha value is -3.52. The summed E-state index contributed by atoms with van der Waals surface area (Å²) in [5, 5.41) is 3.36. The fourth-order valence-corrected chi connectivity index (χ4v) is 2.99. The van der Waals surface area contributed by atoms with E-state index in [1.807, 2.05) is 48.5 Å². The number of hydrogen-bond donors (Lipinski definition) is 2. The minimum Gasteiger partial charge on any atom is -0.369 e. The predicted molar refractivity (Wildman–Crippen MR) is 102 cm³/mol. The van der Waals surface area contributed by atoms with Crippen LogP contribution in [0, 0.1) is 0 Å². The molecule has 0 unspecified atom stereocenters. The van der Waals surface area contributed by atoms with Gasteiger partial charge in [0.15, 0.2) is 0 Å². The minimum absolute atomic E-state index is 0.161. The molecule has 4 rings (SSSR count). The number of carbonyl (C=O) groups is 1. The van der Waals surface area contributed by atoms with Crippen LogP contribution in [0.2, 0.25) is 5.28 Å². The Balaban J connectivity index is 1.67. The number of aromatic nitrogens is 5. The number of nitrogens with zero attached hydrogens (tertiary/aromatic N) is 5. The maximum absolute atomic E-state index is 11.1. The zero-order chi connectivity index (χ0) is 18.8. The Kier molecular flexibility index (Phi) is 4.39. The smallest absolute Gasteiger partial charge is 0.241 e. The van der Waals surface area contributed by atoms with Crippen molar-refractivity contribution < 1.29 is 4.79 Å². The highest BCUT2D eigenvalue weighted by molar-refractivity contribution is 6.29. The van der Waals surface area contributed by atoms with Crippen LogP contribution in [-0.4, -0.2) is 30.4 Å². The molecule has 8 nitrogen and oxygen atoms in total. The van der Waals surface area contributed by atoms with Crippen molar-refractivity contribution in [3.63, 3.8) is 0 Å². The lowest BCUT2D eigenvalue weighted by atomic mass is 10.1. The van der Waals surface area contributed by atoms with Crippen LogP contribution in [0.25, 0.3) is 17.0 Å². The number of hydrogen-bond acceptors (Lipinski definition) is 6. The molecule has 0 saturated carbocycles. The molecule has 134 valence electrons. The number of anilines is 2. The van der Waals surface area contributed by atoms with Crippen LogP contribution in [0.15, 0.2) is 54.9 Å². The highest BCUT2D eigenvalue weighted by Crippen LogP contribution is 2.23. The van der Waals surface area contributed by atoms with Gasteiger partial charge >= 0.3 is 0 Å². The van der Waals surface area contributed by atoms with Crippen molar-refractivity contribution in [2.75, 3.05) is 5.32 Å². The summed E-state index contributed by atoms with van der Waals surface area (Å²) >= 11 is 6.27. The first-order valence-corrected chi connectivity index (χ1v) is 8.44. The van der Waals surface area contributed by atoms with Gasteiger partial charge in [0.05, 0.1) is 17.5 Å². The molecule has 0 bridgehead atoms. The molecule has 0 aliphatic rings. The number of benzene rings is 2. The number of nitrogens with one attached hydrogen (secondary N) is 1. The van der Waals surface area contributed by atoms with Crippen LogP contribution in [0.1, 0.15) is 5.56 Å². The third kappa shape index (κ3) is 3.56. The maximum atomic E-state index is 11.1. The first kappa shape index (κ1) is 16.9. The molecule has 9 heteroatoms. The zero-order valence-corrected chi connectivity index (χ0v) is 14.8. The topological polar surface area (TPSA) is 112 Å². The SMILES string of the molecule is NC(=O)Cc1cccc(Nc2ncnc(-n3c(Cl)nc4ccccc43)n2)c1. The standard InChI is InChI=1S/C18H14ClN7O/c19-16-24-13-6-1-2-7-14(13)26(16)18-22-10-21-17(25-18)23-12-5-3-4-11(8-12)9-15(20)27/h1-8,10H,9H2,(H2,20,27)(H,21,22,23,25). The number of fused-ring (bicyclic) bond motifs is 1. The first-order chi connectivity index (χ1) is 13.1. The second-order valence-electron chi connectivity index (χ2n) is 5.78. The average molecular weight is 380 g/mol. The van der Waals surface area contributed by atoms with Crippen molar-refractivity contribution in [3.05, 3.63) is 65.7 Å². The normalized spacial score (nSPS) is 10.9. The van der Waals surface area contributed by atoms with Crippen molar-refractivity contribution in [3.8, 4) is 5.95 Å². The first-order valence-electron chi connectivity index (χ1n) is 8.07. The van der Waals surface area contributed by atoms with Crippen LogP contribution in [0.3, 0.4) is 0 Å². The van der Waals surface area contributed by atoms with Gasteiger partial charge in [0, 0.05) is 5.69 Å². The molecule has 2 aromatic heterocycles. The van der Waals surface area contributed by atoms with Gasteiger partial charge in [-0.3, -0.25) is 9.36 Å². The summed E-state index contributed by atoms with van der Waals surface area (Å²) < 4.78 is 1.65. The van der Waals surface area contributed by atoms with Crippen LogP contribution >= 0.6 is 11.6 Å². The Bertz CT molecular complexity index is 1140. The van der Waals surface area contributed by atoms with Gasteiger partial charge in [0.25, 0.3) is 0 Å². The van der Waals surface area contributed by atoms with Crippen molar-refractivity contribution in [2.24, 2.45) is 5.73 Å². The van der Waals surface area contributed by atoms with Crippen molar-refractivity contribution in [2.45, 2.75) is 6.42 Å². The molecule has 3 N–H and O–H groups in total.